The number of aliphatic imine (C=N–C) groups is 2. The second kappa shape index (κ2) is 11.4. The lowest BCUT2D eigenvalue weighted by molar-refractivity contribution is -0.119. The molecule has 0 aliphatic carbocycles. The average molecular weight is 687 g/mol. The third kappa shape index (κ3) is 5.43. The summed E-state index contributed by atoms with van der Waals surface area (Å²) in [5, 5.41) is 21.2. The number of anilines is 1. The summed E-state index contributed by atoms with van der Waals surface area (Å²) >= 11 is 0. The lowest BCUT2D eigenvalue weighted by atomic mass is 9.98. The van der Waals surface area contributed by atoms with Crippen molar-refractivity contribution in [1.29, 1.82) is 5.41 Å². The highest BCUT2D eigenvalue weighted by molar-refractivity contribution is 7.47. The molecular weight excluding hydrogens is 660 g/mol. The third-order valence-corrected chi connectivity index (χ3v) is 9.86. The Labute approximate surface area is 257 Å². The van der Waals surface area contributed by atoms with Crippen LogP contribution in [0.4, 0.5) is 5.82 Å². The van der Waals surface area contributed by atoms with Crippen LogP contribution >= 0.6 is 15.6 Å². The van der Waals surface area contributed by atoms with Crippen molar-refractivity contribution in [3.8, 4) is 0 Å². The minimum absolute atomic E-state index is 0.0306. The maximum Gasteiger partial charge on any atom is 0.472 e. The highest BCUT2D eigenvalue weighted by atomic mass is 31.2. The number of carbonyl (C=O) groups is 1. The Balaban J connectivity index is 1.19. The van der Waals surface area contributed by atoms with Gasteiger partial charge >= 0.3 is 15.6 Å². The molecule has 11 atom stereocenters. The summed E-state index contributed by atoms with van der Waals surface area (Å²) in [6.07, 6.45) is -6.38. The fraction of sp³-hybridized carbons (Fsp3) is 0.571. The number of guanidine groups is 1. The predicted octanol–water partition coefficient (Wildman–Crippen LogP) is -2.84. The van der Waals surface area contributed by atoms with Crippen molar-refractivity contribution in [1.82, 2.24) is 29.7 Å². The van der Waals surface area contributed by atoms with Gasteiger partial charge in [-0.05, 0) is 0 Å². The number of nitrogen functional groups attached to an aromatic ring is 1. The molecule has 7 rings (SSSR count). The fourth-order valence-corrected chi connectivity index (χ4v) is 7.72. The Morgan fingerprint density at radius 3 is 2.48 bits per heavy atom. The number of nitrogens with one attached hydrogen (secondary N) is 2. The summed E-state index contributed by atoms with van der Waals surface area (Å²) < 4.78 is 61.2. The molecule has 2 aromatic heterocycles. The van der Waals surface area contributed by atoms with Gasteiger partial charge in [-0.25, -0.2) is 24.1 Å². The minimum atomic E-state index is -5.03. The lowest BCUT2D eigenvalue weighted by Crippen LogP contribution is -2.53. The SMILES string of the molecule is N=C1N=C2C(N=CN2[C@@H]2O[C@@H]3COP(=O)(O)O[C@H]4[C@@H](O)[C@H](n5cnc6c(N)ncnc65)O[C@@H]4COP(=O)(O)O[C@@H]2[C@@H]3CN)C(=O)N1. The van der Waals surface area contributed by atoms with Crippen LogP contribution in [0.25, 0.3) is 11.2 Å². The first-order chi connectivity index (χ1) is 21.9. The number of aliphatic hydroxyl groups is 1. The monoisotopic (exact) mass is 687 g/mol. The molecule has 2 bridgehead atoms. The Hall–Kier alpha value is -3.31. The first kappa shape index (κ1) is 31.3. The number of hydrogen-bond donors (Lipinski definition) is 7. The van der Waals surface area contributed by atoms with Gasteiger partial charge in [0, 0.05) is 12.5 Å². The second-order valence-corrected chi connectivity index (χ2v) is 13.5. The van der Waals surface area contributed by atoms with Gasteiger partial charge < -0.3 is 35.8 Å². The highest BCUT2D eigenvalue weighted by Crippen LogP contribution is 2.53. The van der Waals surface area contributed by atoms with Crippen LogP contribution in [0.2, 0.25) is 0 Å². The zero-order valence-electron chi connectivity index (χ0n) is 23.2. The van der Waals surface area contributed by atoms with E-state index in [1.165, 1.54) is 22.1 Å². The van der Waals surface area contributed by atoms with Gasteiger partial charge in [0.2, 0.25) is 5.96 Å². The number of aliphatic hydroxyl groups excluding tert-OH is 1. The van der Waals surface area contributed by atoms with E-state index >= 15 is 0 Å². The number of amidine groups is 1. The van der Waals surface area contributed by atoms with Gasteiger partial charge in [0.1, 0.15) is 36.3 Å². The van der Waals surface area contributed by atoms with E-state index < -0.39 is 95.7 Å². The Morgan fingerprint density at radius 1 is 1.04 bits per heavy atom. The molecule has 9 N–H and O–H groups in total. The number of hydrogen-bond acceptors (Lipinski definition) is 18. The number of nitrogens with zero attached hydrogens (tertiary/aromatic N) is 7. The van der Waals surface area contributed by atoms with Crippen molar-refractivity contribution < 1.29 is 56.4 Å². The molecule has 2 aromatic rings. The molecule has 5 aliphatic heterocycles. The minimum Gasteiger partial charge on any atom is -0.386 e. The highest BCUT2D eigenvalue weighted by Gasteiger charge is 2.55. The number of carbonyl (C=O) groups excluding carboxylic acids is 1. The number of fused-ring (bicyclic) bond motifs is 5. The van der Waals surface area contributed by atoms with Crippen molar-refractivity contribution in [2.45, 2.75) is 49.0 Å². The van der Waals surface area contributed by atoms with Crippen molar-refractivity contribution >= 4 is 56.7 Å². The van der Waals surface area contributed by atoms with Crippen LogP contribution in [0.3, 0.4) is 0 Å². The second-order valence-electron chi connectivity index (χ2n) is 10.7. The predicted molar refractivity (Wildman–Crippen MR) is 150 cm³/mol. The van der Waals surface area contributed by atoms with Crippen LogP contribution in [-0.2, 0) is 41.5 Å². The molecule has 23 nitrogen and oxygen atoms in total. The molecule has 3 saturated heterocycles. The number of aromatic nitrogens is 4. The largest absolute Gasteiger partial charge is 0.472 e. The zero-order chi connectivity index (χ0) is 32.5. The summed E-state index contributed by atoms with van der Waals surface area (Å²) in [5.74, 6) is -2.04. The van der Waals surface area contributed by atoms with E-state index in [1.54, 1.807) is 0 Å². The van der Waals surface area contributed by atoms with Crippen molar-refractivity contribution in [3.05, 3.63) is 12.7 Å². The van der Waals surface area contributed by atoms with Crippen LogP contribution in [0.5, 0.6) is 0 Å². The number of phosphoric ester groups is 2. The van der Waals surface area contributed by atoms with Gasteiger partial charge in [-0.15, -0.1) is 0 Å². The van der Waals surface area contributed by atoms with E-state index in [1.807, 2.05) is 0 Å². The normalized spacial score (nSPS) is 41.3. The molecule has 0 saturated carbocycles. The molecule has 0 radical (unpaired) electrons. The quantitative estimate of drug-likeness (QED) is 0.160. The maximum atomic E-state index is 13.4. The zero-order valence-corrected chi connectivity index (χ0v) is 25.0. The van der Waals surface area contributed by atoms with Crippen LogP contribution in [0, 0.1) is 11.3 Å². The number of phosphoric acid groups is 2. The van der Waals surface area contributed by atoms with E-state index in [0.717, 1.165) is 6.33 Å². The van der Waals surface area contributed by atoms with Gasteiger partial charge in [-0.1, -0.05) is 0 Å². The smallest absolute Gasteiger partial charge is 0.386 e. The van der Waals surface area contributed by atoms with Crippen molar-refractivity contribution in [3.63, 3.8) is 0 Å². The fourth-order valence-electron chi connectivity index (χ4n) is 5.79. The maximum absolute atomic E-state index is 13.4. The summed E-state index contributed by atoms with van der Waals surface area (Å²) in [5.41, 5.74) is 12.2. The van der Waals surface area contributed by atoms with Crippen LogP contribution < -0.4 is 16.8 Å². The Bertz CT molecular complexity index is 1740. The summed E-state index contributed by atoms with van der Waals surface area (Å²) in [4.78, 5) is 55.3. The molecular formula is C21H27N11O12P2. The summed E-state index contributed by atoms with van der Waals surface area (Å²) in [6, 6.07) is -1.13. The molecule has 0 aromatic carbocycles. The lowest BCUT2D eigenvalue weighted by Gasteiger charge is -2.31. The Morgan fingerprint density at radius 2 is 1.74 bits per heavy atom. The van der Waals surface area contributed by atoms with Gasteiger partial charge in [0.15, 0.2) is 35.8 Å². The third-order valence-electron chi connectivity index (χ3n) is 7.89. The van der Waals surface area contributed by atoms with Crippen LogP contribution in [0.1, 0.15) is 6.23 Å². The first-order valence-electron chi connectivity index (χ1n) is 13.6. The molecule has 3 fully saturated rings. The molecule has 46 heavy (non-hydrogen) atoms. The number of nitrogens with two attached hydrogens (primary N) is 2. The molecule has 7 heterocycles. The average Bonchev–Trinajstić information content (AvgIpc) is 3.75. The molecule has 3 unspecified atom stereocenters. The standard InChI is InChI=1S/C21H27N11O12P2/c22-1-7-8-2-39-46(37,38)44-14-9(42-19(12(14)33)31-5-27-10-15(23)25-4-26-16(10)31)3-40-45(35,36)43-13(7)20(41-8)32-6-28-11-17(32)29-21(24)30-18(11)34/h4-9,11-14,19-20,33H,1-3,22H2,(H,35,36)(H,37,38)(H2,23,25,26)(H2,24,30,34)/t7-,8-,9-,11?,12-,13-,14-,19-,20-/m1/s1. The molecule has 5 aliphatic rings. The molecule has 1 amide bonds. The number of ether oxygens (including phenoxy) is 2. The van der Waals surface area contributed by atoms with E-state index in [9.17, 15) is 28.8 Å². The van der Waals surface area contributed by atoms with E-state index in [2.05, 4.69) is 30.3 Å². The van der Waals surface area contributed by atoms with E-state index in [-0.39, 0.29) is 29.4 Å². The van der Waals surface area contributed by atoms with Gasteiger partial charge in [0.05, 0.1) is 32.0 Å². The van der Waals surface area contributed by atoms with Gasteiger partial charge in [-0.2, -0.15) is 4.99 Å². The summed E-state index contributed by atoms with van der Waals surface area (Å²) in [7, 11) is -10.0. The number of amides is 1. The molecule has 25 heteroatoms. The van der Waals surface area contributed by atoms with Gasteiger partial charge in [-0.3, -0.25) is 48.1 Å². The Kier molecular flexibility index (Phi) is 7.78. The molecule has 248 valence electrons. The number of imidazole rings is 1. The topological polar surface area (TPSA) is 327 Å². The van der Waals surface area contributed by atoms with Crippen molar-refractivity contribution in [2.24, 2.45) is 21.6 Å². The number of rotatable bonds is 3. The van der Waals surface area contributed by atoms with Crippen molar-refractivity contribution in [2.75, 3.05) is 25.5 Å². The first-order valence-corrected chi connectivity index (χ1v) is 16.6. The molecule has 0 spiro atoms. The van der Waals surface area contributed by atoms with Crippen LogP contribution in [-0.4, -0.2) is 126 Å². The van der Waals surface area contributed by atoms with Gasteiger partial charge in [0.25, 0.3) is 5.91 Å². The summed E-state index contributed by atoms with van der Waals surface area (Å²) in [6.45, 7) is -1.66. The van der Waals surface area contributed by atoms with E-state index in [0.29, 0.717) is 0 Å². The van der Waals surface area contributed by atoms with E-state index in [4.69, 9.17) is 44.4 Å². The van der Waals surface area contributed by atoms with Crippen LogP contribution in [0.15, 0.2) is 22.6 Å².